The van der Waals surface area contributed by atoms with Gasteiger partial charge in [-0.25, -0.2) is 0 Å². The molecule has 1 saturated heterocycles. The van der Waals surface area contributed by atoms with Crippen molar-refractivity contribution in [3.63, 3.8) is 0 Å². The van der Waals surface area contributed by atoms with Gasteiger partial charge in [-0.3, -0.25) is 0 Å². The van der Waals surface area contributed by atoms with E-state index in [0.717, 1.165) is 44.9 Å². The molecule has 2 aliphatic heterocycles. The predicted octanol–water partition coefficient (Wildman–Crippen LogP) is 2.79. The second-order valence-electron chi connectivity index (χ2n) is 6.19. The van der Waals surface area contributed by atoms with Crippen molar-refractivity contribution in [2.75, 3.05) is 26.3 Å². The molecule has 3 nitrogen and oxygen atoms in total. The third-order valence-corrected chi connectivity index (χ3v) is 4.53. The van der Waals surface area contributed by atoms with Crippen LogP contribution in [0.4, 0.5) is 0 Å². The number of benzene rings is 1. The fourth-order valence-electron chi connectivity index (χ4n) is 3.52. The normalized spacial score (nSPS) is 28.9. The highest BCUT2D eigenvalue weighted by atomic mass is 16.5. The zero-order valence-electron chi connectivity index (χ0n) is 12.4. The van der Waals surface area contributed by atoms with Crippen LogP contribution in [-0.4, -0.2) is 32.4 Å². The van der Waals surface area contributed by atoms with Crippen molar-refractivity contribution in [1.82, 2.24) is 5.32 Å². The van der Waals surface area contributed by atoms with Crippen LogP contribution in [-0.2, 0) is 11.2 Å². The smallest absolute Gasteiger partial charge is 0.123 e. The SMILES string of the molecule is CCNCC1(CC2Cc3ccccc3O2)CCCOC1. The molecule has 2 atom stereocenters. The average molecular weight is 275 g/mol. The summed E-state index contributed by atoms with van der Waals surface area (Å²) in [4.78, 5) is 0. The van der Waals surface area contributed by atoms with Crippen molar-refractivity contribution in [3.05, 3.63) is 29.8 Å². The van der Waals surface area contributed by atoms with Gasteiger partial charge >= 0.3 is 0 Å². The third kappa shape index (κ3) is 2.99. The maximum atomic E-state index is 6.13. The van der Waals surface area contributed by atoms with E-state index in [2.05, 4.69) is 36.5 Å². The summed E-state index contributed by atoms with van der Waals surface area (Å²) in [6, 6.07) is 8.43. The van der Waals surface area contributed by atoms with Crippen molar-refractivity contribution < 1.29 is 9.47 Å². The number of hydrogen-bond acceptors (Lipinski definition) is 3. The lowest BCUT2D eigenvalue weighted by atomic mass is 9.77. The van der Waals surface area contributed by atoms with Crippen LogP contribution in [0, 0.1) is 5.41 Å². The minimum atomic E-state index is 0.251. The molecule has 0 saturated carbocycles. The van der Waals surface area contributed by atoms with Gasteiger partial charge in [-0.2, -0.15) is 0 Å². The van der Waals surface area contributed by atoms with Crippen molar-refractivity contribution in [2.45, 2.75) is 38.7 Å². The Bertz CT molecular complexity index is 415. The van der Waals surface area contributed by atoms with Gasteiger partial charge < -0.3 is 14.8 Å². The Kier molecular flexibility index (Phi) is 4.27. The molecule has 3 rings (SSSR count). The fourth-order valence-corrected chi connectivity index (χ4v) is 3.52. The molecule has 1 aromatic rings. The van der Waals surface area contributed by atoms with Crippen molar-refractivity contribution in [1.29, 1.82) is 0 Å². The zero-order chi connectivity index (χ0) is 13.8. The number of para-hydroxylation sites is 1. The molecule has 0 spiro atoms. The van der Waals surface area contributed by atoms with E-state index in [0.29, 0.717) is 6.10 Å². The molecule has 0 radical (unpaired) electrons. The molecular weight excluding hydrogens is 250 g/mol. The standard InChI is InChI=1S/C17H25NO2/c1-2-18-12-17(8-5-9-19-13-17)11-15-10-14-6-3-4-7-16(14)20-15/h3-4,6-7,15,18H,2,5,8-13H2,1H3. The number of rotatable bonds is 5. The monoisotopic (exact) mass is 275 g/mol. The summed E-state index contributed by atoms with van der Waals surface area (Å²) < 4.78 is 11.9. The van der Waals surface area contributed by atoms with Crippen LogP contribution in [0.3, 0.4) is 0 Å². The summed E-state index contributed by atoms with van der Waals surface area (Å²) in [5.41, 5.74) is 1.61. The molecule has 1 fully saturated rings. The molecule has 20 heavy (non-hydrogen) atoms. The molecule has 0 aliphatic carbocycles. The van der Waals surface area contributed by atoms with Gasteiger partial charge in [0.2, 0.25) is 0 Å². The molecule has 2 aliphatic rings. The molecular formula is C17H25NO2. The summed E-state index contributed by atoms with van der Waals surface area (Å²) in [5.74, 6) is 1.08. The molecule has 2 heterocycles. The minimum Gasteiger partial charge on any atom is -0.490 e. The summed E-state index contributed by atoms with van der Waals surface area (Å²) >= 11 is 0. The van der Waals surface area contributed by atoms with Crippen LogP contribution in [0.25, 0.3) is 0 Å². The van der Waals surface area contributed by atoms with Crippen LogP contribution in [0.1, 0.15) is 31.7 Å². The lowest BCUT2D eigenvalue weighted by Crippen LogP contribution is -2.44. The summed E-state index contributed by atoms with van der Waals surface area (Å²) in [6.07, 6.45) is 4.87. The molecule has 0 aromatic heterocycles. The maximum Gasteiger partial charge on any atom is 0.123 e. The second-order valence-corrected chi connectivity index (χ2v) is 6.19. The molecule has 1 N–H and O–H groups in total. The Morgan fingerprint density at radius 3 is 3.00 bits per heavy atom. The van der Waals surface area contributed by atoms with E-state index in [9.17, 15) is 0 Å². The topological polar surface area (TPSA) is 30.5 Å². The number of ether oxygens (including phenoxy) is 2. The Balaban J connectivity index is 1.65. The Hall–Kier alpha value is -1.06. The highest BCUT2D eigenvalue weighted by Gasteiger charge is 2.37. The molecule has 0 amide bonds. The number of fused-ring (bicyclic) bond motifs is 1. The highest BCUT2D eigenvalue weighted by molar-refractivity contribution is 5.37. The minimum absolute atomic E-state index is 0.251. The Morgan fingerprint density at radius 2 is 2.25 bits per heavy atom. The largest absolute Gasteiger partial charge is 0.490 e. The first kappa shape index (κ1) is 13.9. The average Bonchev–Trinajstić information content (AvgIpc) is 2.88. The summed E-state index contributed by atoms with van der Waals surface area (Å²) in [6.45, 7) is 6.02. The van der Waals surface area contributed by atoms with Gasteiger partial charge in [0.05, 0.1) is 6.61 Å². The van der Waals surface area contributed by atoms with Crippen molar-refractivity contribution in [3.8, 4) is 5.75 Å². The molecule has 2 unspecified atom stereocenters. The summed E-state index contributed by atoms with van der Waals surface area (Å²) in [5, 5.41) is 3.52. The van der Waals surface area contributed by atoms with Gasteiger partial charge in [0, 0.05) is 25.0 Å². The van der Waals surface area contributed by atoms with Crippen LogP contribution in [0.5, 0.6) is 5.75 Å². The lowest BCUT2D eigenvalue weighted by Gasteiger charge is -2.38. The van der Waals surface area contributed by atoms with E-state index in [-0.39, 0.29) is 5.41 Å². The van der Waals surface area contributed by atoms with Crippen LogP contribution >= 0.6 is 0 Å². The van der Waals surface area contributed by atoms with Crippen molar-refractivity contribution >= 4 is 0 Å². The number of nitrogens with one attached hydrogen (secondary N) is 1. The molecule has 1 aromatic carbocycles. The first-order chi connectivity index (χ1) is 9.81. The van der Waals surface area contributed by atoms with E-state index in [1.165, 1.54) is 18.4 Å². The molecule has 3 heteroatoms. The molecule has 0 bridgehead atoms. The van der Waals surface area contributed by atoms with E-state index >= 15 is 0 Å². The summed E-state index contributed by atoms with van der Waals surface area (Å²) in [7, 11) is 0. The first-order valence-corrected chi connectivity index (χ1v) is 7.84. The van der Waals surface area contributed by atoms with Crippen LogP contribution in [0.2, 0.25) is 0 Å². The van der Waals surface area contributed by atoms with Gasteiger partial charge in [0.15, 0.2) is 0 Å². The van der Waals surface area contributed by atoms with Gasteiger partial charge in [-0.1, -0.05) is 25.1 Å². The molecule has 110 valence electrons. The van der Waals surface area contributed by atoms with Gasteiger partial charge in [-0.05, 0) is 37.4 Å². The maximum absolute atomic E-state index is 6.13. The van der Waals surface area contributed by atoms with Gasteiger partial charge in [0.25, 0.3) is 0 Å². The second kappa shape index (κ2) is 6.15. The van der Waals surface area contributed by atoms with Crippen LogP contribution < -0.4 is 10.1 Å². The van der Waals surface area contributed by atoms with E-state index in [1.54, 1.807) is 0 Å². The number of hydrogen-bond donors (Lipinski definition) is 1. The zero-order valence-corrected chi connectivity index (χ0v) is 12.4. The van der Waals surface area contributed by atoms with Crippen molar-refractivity contribution in [2.24, 2.45) is 5.41 Å². The lowest BCUT2D eigenvalue weighted by molar-refractivity contribution is -0.0277. The predicted molar refractivity (Wildman–Crippen MR) is 80.2 cm³/mol. The van der Waals surface area contributed by atoms with E-state index < -0.39 is 0 Å². The van der Waals surface area contributed by atoms with Gasteiger partial charge in [0.1, 0.15) is 11.9 Å². The highest BCUT2D eigenvalue weighted by Crippen LogP contribution is 2.38. The van der Waals surface area contributed by atoms with E-state index in [4.69, 9.17) is 9.47 Å². The Labute approximate surface area is 121 Å². The quantitative estimate of drug-likeness (QED) is 0.896. The van der Waals surface area contributed by atoms with Crippen LogP contribution in [0.15, 0.2) is 24.3 Å². The van der Waals surface area contributed by atoms with E-state index in [1.807, 2.05) is 0 Å². The Morgan fingerprint density at radius 1 is 1.35 bits per heavy atom. The fraction of sp³-hybridized carbons (Fsp3) is 0.647. The third-order valence-electron chi connectivity index (χ3n) is 4.53. The van der Waals surface area contributed by atoms with Gasteiger partial charge in [-0.15, -0.1) is 0 Å². The first-order valence-electron chi connectivity index (χ1n) is 7.84.